The molecule has 5 nitrogen and oxygen atoms in total. The molecule has 0 saturated carbocycles. The van der Waals surface area contributed by atoms with Crippen molar-refractivity contribution in [1.29, 1.82) is 5.26 Å². The molecule has 1 aromatic heterocycles. The van der Waals surface area contributed by atoms with Crippen LogP contribution in [0, 0.1) is 11.3 Å². The van der Waals surface area contributed by atoms with Crippen molar-refractivity contribution in [3.8, 4) is 11.8 Å². The zero-order valence-electron chi connectivity index (χ0n) is 10.4. The number of nitrogens with zero attached hydrogens (tertiary/aromatic N) is 3. The molecule has 1 unspecified atom stereocenters. The van der Waals surface area contributed by atoms with Gasteiger partial charge in [-0.2, -0.15) is 5.26 Å². The second-order valence-corrected chi connectivity index (χ2v) is 4.38. The normalized spacial score (nSPS) is 19.0. The third kappa shape index (κ3) is 2.24. The molecular formula is C14H14N4O. The first-order valence-corrected chi connectivity index (χ1v) is 6.24. The highest BCUT2D eigenvalue weighted by molar-refractivity contribution is 5.49. The van der Waals surface area contributed by atoms with Crippen molar-refractivity contribution in [2.24, 2.45) is 0 Å². The van der Waals surface area contributed by atoms with Crippen LogP contribution in [0.25, 0.3) is 5.69 Å². The number of rotatable bonds is 2. The number of morpholine rings is 1. The van der Waals surface area contributed by atoms with E-state index in [1.807, 2.05) is 22.8 Å². The van der Waals surface area contributed by atoms with E-state index in [2.05, 4.69) is 16.4 Å². The van der Waals surface area contributed by atoms with E-state index in [0.717, 1.165) is 24.5 Å². The van der Waals surface area contributed by atoms with Crippen LogP contribution in [0.5, 0.6) is 0 Å². The van der Waals surface area contributed by atoms with Crippen LogP contribution < -0.4 is 5.32 Å². The summed E-state index contributed by atoms with van der Waals surface area (Å²) in [5.41, 5.74) is 2.44. The summed E-state index contributed by atoms with van der Waals surface area (Å²) in [6.45, 7) is 2.33. The van der Waals surface area contributed by atoms with Gasteiger partial charge in [-0.05, 0) is 12.1 Å². The standard InChI is InChI=1S/C14H14N4O/c15-7-11-3-1-2-4-12(11)18-10-17-8-13(18)14-9-16-5-6-19-14/h1-4,8,10,14,16H,5-6,9H2. The minimum Gasteiger partial charge on any atom is -0.369 e. The SMILES string of the molecule is N#Cc1ccccc1-n1cncc1C1CNCCO1. The van der Waals surface area contributed by atoms with E-state index in [1.54, 1.807) is 18.6 Å². The molecule has 0 aliphatic carbocycles. The predicted molar refractivity (Wildman–Crippen MR) is 69.8 cm³/mol. The average molecular weight is 254 g/mol. The first-order chi connectivity index (χ1) is 9.40. The van der Waals surface area contributed by atoms with Gasteiger partial charge < -0.3 is 10.1 Å². The number of nitrogens with one attached hydrogen (secondary N) is 1. The lowest BCUT2D eigenvalue weighted by Crippen LogP contribution is -2.34. The van der Waals surface area contributed by atoms with Gasteiger partial charge >= 0.3 is 0 Å². The van der Waals surface area contributed by atoms with Crippen LogP contribution in [-0.2, 0) is 4.74 Å². The Kier molecular flexibility index (Phi) is 3.27. The van der Waals surface area contributed by atoms with Crippen molar-refractivity contribution in [3.63, 3.8) is 0 Å². The molecule has 1 aliphatic rings. The molecule has 0 radical (unpaired) electrons. The van der Waals surface area contributed by atoms with E-state index >= 15 is 0 Å². The maximum Gasteiger partial charge on any atom is 0.112 e. The molecule has 0 bridgehead atoms. The van der Waals surface area contributed by atoms with E-state index in [4.69, 9.17) is 4.74 Å². The highest BCUT2D eigenvalue weighted by Crippen LogP contribution is 2.23. The van der Waals surface area contributed by atoms with Crippen LogP contribution in [-0.4, -0.2) is 29.2 Å². The molecule has 19 heavy (non-hydrogen) atoms. The number of aromatic nitrogens is 2. The number of hydrogen-bond acceptors (Lipinski definition) is 4. The van der Waals surface area contributed by atoms with Crippen molar-refractivity contribution in [2.45, 2.75) is 6.10 Å². The Morgan fingerprint density at radius 2 is 2.32 bits per heavy atom. The number of nitriles is 1. The zero-order chi connectivity index (χ0) is 13.1. The lowest BCUT2D eigenvalue weighted by molar-refractivity contribution is 0.0240. The third-order valence-electron chi connectivity index (χ3n) is 3.21. The Morgan fingerprint density at radius 3 is 3.11 bits per heavy atom. The summed E-state index contributed by atoms with van der Waals surface area (Å²) in [6, 6.07) is 9.71. The number of hydrogen-bond donors (Lipinski definition) is 1. The molecule has 5 heteroatoms. The minimum absolute atomic E-state index is 0.0250. The Morgan fingerprint density at radius 1 is 1.42 bits per heavy atom. The van der Waals surface area contributed by atoms with Crippen molar-refractivity contribution in [1.82, 2.24) is 14.9 Å². The summed E-state index contributed by atoms with van der Waals surface area (Å²) >= 11 is 0. The van der Waals surface area contributed by atoms with Crippen molar-refractivity contribution in [2.75, 3.05) is 19.7 Å². The summed E-state index contributed by atoms with van der Waals surface area (Å²) in [6.07, 6.45) is 3.50. The van der Waals surface area contributed by atoms with Gasteiger partial charge in [0.25, 0.3) is 0 Å². The van der Waals surface area contributed by atoms with Gasteiger partial charge in [0.05, 0.1) is 36.1 Å². The molecule has 1 aliphatic heterocycles. The summed E-state index contributed by atoms with van der Waals surface area (Å²) in [5, 5.41) is 12.5. The first kappa shape index (κ1) is 11.9. The maximum absolute atomic E-state index is 9.19. The lowest BCUT2D eigenvalue weighted by atomic mass is 10.1. The molecule has 2 aromatic rings. The summed E-state index contributed by atoms with van der Waals surface area (Å²) in [4.78, 5) is 4.19. The van der Waals surface area contributed by atoms with Gasteiger partial charge in [-0.3, -0.25) is 4.57 Å². The van der Waals surface area contributed by atoms with Crippen LogP contribution in [0.15, 0.2) is 36.8 Å². The molecule has 2 heterocycles. The molecule has 1 N–H and O–H groups in total. The van der Waals surface area contributed by atoms with Gasteiger partial charge in [0.15, 0.2) is 0 Å². The summed E-state index contributed by atoms with van der Waals surface area (Å²) < 4.78 is 7.68. The maximum atomic E-state index is 9.19. The van der Waals surface area contributed by atoms with E-state index in [1.165, 1.54) is 0 Å². The largest absolute Gasteiger partial charge is 0.369 e. The first-order valence-electron chi connectivity index (χ1n) is 6.24. The highest BCUT2D eigenvalue weighted by atomic mass is 16.5. The number of benzene rings is 1. The monoisotopic (exact) mass is 254 g/mol. The molecule has 3 rings (SSSR count). The molecule has 1 saturated heterocycles. The second-order valence-electron chi connectivity index (χ2n) is 4.38. The molecule has 1 fully saturated rings. The fraction of sp³-hybridized carbons (Fsp3) is 0.286. The van der Waals surface area contributed by atoms with Gasteiger partial charge in [0, 0.05) is 13.1 Å². The van der Waals surface area contributed by atoms with Crippen molar-refractivity contribution in [3.05, 3.63) is 48.0 Å². The summed E-state index contributed by atoms with van der Waals surface area (Å²) in [7, 11) is 0. The molecule has 1 atom stereocenters. The van der Waals surface area contributed by atoms with Crippen molar-refractivity contribution < 1.29 is 4.74 Å². The smallest absolute Gasteiger partial charge is 0.112 e. The van der Waals surface area contributed by atoms with Gasteiger partial charge in [0.2, 0.25) is 0 Å². The third-order valence-corrected chi connectivity index (χ3v) is 3.21. The van der Waals surface area contributed by atoms with Gasteiger partial charge in [0.1, 0.15) is 12.2 Å². The van der Waals surface area contributed by atoms with Gasteiger partial charge in [-0.15, -0.1) is 0 Å². The molecular weight excluding hydrogens is 240 g/mol. The molecule has 0 amide bonds. The quantitative estimate of drug-likeness (QED) is 0.880. The van der Waals surface area contributed by atoms with Gasteiger partial charge in [-0.1, -0.05) is 12.1 Å². The van der Waals surface area contributed by atoms with E-state index in [-0.39, 0.29) is 6.10 Å². The molecule has 96 valence electrons. The zero-order valence-corrected chi connectivity index (χ0v) is 10.4. The van der Waals surface area contributed by atoms with Crippen LogP contribution in [0.4, 0.5) is 0 Å². The number of para-hydroxylation sites is 1. The summed E-state index contributed by atoms with van der Waals surface area (Å²) in [5.74, 6) is 0. The van der Waals surface area contributed by atoms with E-state index in [0.29, 0.717) is 12.2 Å². The number of ether oxygens (including phenoxy) is 1. The lowest BCUT2D eigenvalue weighted by Gasteiger charge is -2.24. The predicted octanol–water partition coefficient (Wildman–Crippen LogP) is 1.40. The van der Waals surface area contributed by atoms with E-state index in [9.17, 15) is 5.26 Å². The van der Waals surface area contributed by atoms with Crippen molar-refractivity contribution >= 4 is 0 Å². The topological polar surface area (TPSA) is 62.9 Å². The fourth-order valence-electron chi connectivity index (χ4n) is 2.28. The fourth-order valence-corrected chi connectivity index (χ4v) is 2.28. The van der Waals surface area contributed by atoms with Crippen LogP contribution >= 0.6 is 0 Å². The Labute approximate surface area is 111 Å². The number of imidazole rings is 1. The highest BCUT2D eigenvalue weighted by Gasteiger charge is 2.20. The average Bonchev–Trinajstić information content (AvgIpc) is 2.97. The Balaban J connectivity index is 2.02. The molecule has 1 aromatic carbocycles. The van der Waals surface area contributed by atoms with Gasteiger partial charge in [-0.25, -0.2) is 4.98 Å². The second kappa shape index (κ2) is 5.22. The Bertz CT molecular complexity index is 608. The van der Waals surface area contributed by atoms with Crippen LogP contribution in [0.3, 0.4) is 0 Å². The minimum atomic E-state index is -0.0250. The molecule has 0 spiro atoms. The van der Waals surface area contributed by atoms with Crippen LogP contribution in [0.2, 0.25) is 0 Å². The Hall–Kier alpha value is -2.16. The van der Waals surface area contributed by atoms with Crippen LogP contribution in [0.1, 0.15) is 17.4 Å². The van der Waals surface area contributed by atoms with E-state index < -0.39 is 0 Å².